The van der Waals surface area contributed by atoms with Gasteiger partial charge in [0.05, 0.1) is 12.1 Å². The number of hydrogen-bond donors (Lipinski definition) is 1. The van der Waals surface area contributed by atoms with Crippen molar-refractivity contribution in [1.29, 1.82) is 0 Å². The first-order valence-corrected chi connectivity index (χ1v) is 9.52. The molecule has 0 bridgehead atoms. The molecule has 0 aliphatic carbocycles. The van der Waals surface area contributed by atoms with E-state index in [2.05, 4.69) is 36.1 Å². The monoisotopic (exact) mass is 255 g/mol. The summed E-state index contributed by atoms with van der Waals surface area (Å²) in [6.07, 6.45) is 0. The van der Waals surface area contributed by atoms with Crippen molar-refractivity contribution in [3.63, 3.8) is 0 Å². The highest BCUT2D eigenvalue weighted by Gasteiger charge is 2.09. The summed E-state index contributed by atoms with van der Waals surface area (Å²) < 4.78 is 0. The van der Waals surface area contributed by atoms with Gasteiger partial charge in [-0.1, -0.05) is 43.8 Å². The van der Waals surface area contributed by atoms with Crippen LogP contribution in [0.5, 0.6) is 0 Å². The van der Waals surface area contributed by atoms with Gasteiger partial charge in [0.25, 0.3) is 0 Å². The molecule has 92 valence electrons. The van der Waals surface area contributed by atoms with Crippen LogP contribution in [0.1, 0.15) is 11.3 Å². The number of rotatable bonds is 1. The molecule has 0 radical (unpaired) electrons. The highest BCUT2D eigenvalue weighted by Crippen LogP contribution is 2.16. The van der Waals surface area contributed by atoms with Crippen LogP contribution in [0.4, 0.5) is 0 Å². The number of benzene rings is 1. The number of aliphatic hydroxyl groups excluding tert-OH is 1. The molecule has 2 aromatic rings. The lowest BCUT2D eigenvalue weighted by atomic mass is 10.1. The molecule has 0 unspecified atom stereocenters. The van der Waals surface area contributed by atoms with Gasteiger partial charge in [-0.2, -0.15) is 0 Å². The molecule has 3 heteroatoms. The molecule has 1 aromatic carbocycles. The third-order valence-electron chi connectivity index (χ3n) is 2.53. The average molecular weight is 255 g/mol. The zero-order valence-electron chi connectivity index (χ0n) is 11.0. The molecule has 0 amide bonds. The Labute approximate surface area is 109 Å². The van der Waals surface area contributed by atoms with Crippen molar-refractivity contribution in [3.05, 3.63) is 41.6 Å². The third-order valence-corrected chi connectivity index (χ3v) is 3.40. The predicted octanol–water partition coefficient (Wildman–Crippen LogP) is 2.96. The minimum Gasteiger partial charge on any atom is -0.392 e. The number of hydrogen-bond acceptors (Lipinski definition) is 2. The number of aliphatic hydroxyl groups is 1. The molecule has 0 aliphatic rings. The van der Waals surface area contributed by atoms with Crippen molar-refractivity contribution >= 4 is 19.0 Å². The van der Waals surface area contributed by atoms with Gasteiger partial charge in [0.15, 0.2) is 0 Å². The Kier molecular flexibility index (Phi) is 3.51. The van der Waals surface area contributed by atoms with Crippen LogP contribution in [0.25, 0.3) is 10.9 Å². The van der Waals surface area contributed by atoms with E-state index in [4.69, 9.17) is 0 Å². The highest BCUT2D eigenvalue weighted by atomic mass is 28.3. The molecule has 0 atom stereocenters. The fourth-order valence-corrected chi connectivity index (χ4v) is 2.13. The first-order valence-electron chi connectivity index (χ1n) is 6.02. The van der Waals surface area contributed by atoms with Gasteiger partial charge in [-0.15, -0.1) is 5.54 Å². The molecule has 1 aromatic heterocycles. The topological polar surface area (TPSA) is 33.1 Å². The maximum atomic E-state index is 9.41. The number of aromatic nitrogens is 1. The van der Waals surface area contributed by atoms with Crippen molar-refractivity contribution in [1.82, 2.24) is 4.98 Å². The molecule has 0 spiro atoms. The Morgan fingerprint density at radius 3 is 2.61 bits per heavy atom. The summed E-state index contributed by atoms with van der Waals surface area (Å²) in [5.74, 6) is 3.14. The summed E-state index contributed by atoms with van der Waals surface area (Å²) in [5.41, 5.74) is 5.73. The predicted molar refractivity (Wildman–Crippen MR) is 77.9 cm³/mol. The first-order chi connectivity index (χ1) is 8.49. The Bertz CT molecular complexity index is 632. The summed E-state index contributed by atoms with van der Waals surface area (Å²) >= 11 is 0. The smallest absolute Gasteiger partial charge is 0.129 e. The van der Waals surface area contributed by atoms with E-state index >= 15 is 0 Å². The molecular weight excluding hydrogens is 238 g/mol. The van der Waals surface area contributed by atoms with Crippen LogP contribution >= 0.6 is 0 Å². The second-order valence-electron chi connectivity index (χ2n) is 5.35. The van der Waals surface area contributed by atoms with Gasteiger partial charge in [0.2, 0.25) is 0 Å². The molecule has 18 heavy (non-hydrogen) atoms. The standard InChI is InChI=1S/C15H17NOSi/c1-18(2,3)9-8-15-13(11-17)10-12-6-4-5-7-14(12)16-15/h4-7,10,17H,11H2,1-3H3. The quantitative estimate of drug-likeness (QED) is 0.628. The lowest BCUT2D eigenvalue weighted by Crippen LogP contribution is -2.16. The lowest BCUT2D eigenvalue weighted by molar-refractivity contribution is 0.281. The van der Waals surface area contributed by atoms with Crippen LogP contribution in [0, 0.1) is 11.5 Å². The van der Waals surface area contributed by atoms with Gasteiger partial charge in [-0.3, -0.25) is 0 Å². The molecule has 2 rings (SSSR count). The Morgan fingerprint density at radius 2 is 1.94 bits per heavy atom. The van der Waals surface area contributed by atoms with E-state index < -0.39 is 8.07 Å². The zero-order chi connectivity index (χ0) is 13.2. The first kappa shape index (κ1) is 12.8. The summed E-state index contributed by atoms with van der Waals surface area (Å²) in [5, 5.41) is 10.5. The van der Waals surface area contributed by atoms with Crippen molar-refractivity contribution in [2.45, 2.75) is 26.2 Å². The van der Waals surface area contributed by atoms with E-state index in [1.54, 1.807) is 0 Å². The largest absolute Gasteiger partial charge is 0.392 e. The van der Waals surface area contributed by atoms with Crippen LogP contribution in [0.2, 0.25) is 19.6 Å². The number of nitrogens with zero attached hydrogens (tertiary/aromatic N) is 1. The Hall–Kier alpha value is -1.63. The second kappa shape index (κ2) is 4.93. The molecule has 0 saturated heterocycles. The third kappa shape index (κ3) is 2.98. The molecule has 1 heterocycles. The summed E-state index contributed by atoms with van der Waals surface area (Å²) in [4.78, 5) is 4.54. The Morgan fingerprint density at radius 1 is 1.22 bits per heavy atom. The van der Waals surface area contributed by atoms with Crippen LogP contribution < -0.4 is 0 Å². The highest BCUT2D eigenvalue weighted by molar-refractivity contribution is 6.83. The number of fused-ring (bicyclic) bond motifs is 1. The maximum Gasteiger partial charge on any atom is 0.129 e. The van der Waals surface area contributed by atoms with Gasteiger partial charge in [-0.05, 0) is 12.1 Å². The fraction of sp³-hybridized carbons (Fsp3) is 0.267. The van der Waals surface area contributed by atoms with Gasteiger partial charge in [0, 0.05) is 10.9 Å². The molecule has 0 aliphatic heterocycles. The lowest BCUT2D eigenvalue weighted by Gasteiger charge is -2.06. The van der Waals surface area contributed by atoms with Crippen LogP contribution in [-0.4, -0.2) is 18.2 Å². The summed E-state index contributed by atoms with van der Waals surface area (Å²) in [7, 11) is -1.43. The summed E-state index contributed by atoms with van der Waals surface area (Å²) in [6.45, 7) is 6.56. The average Bonchev–Trinajstić information content (AvgIpc) is 2.34. The normalized spacial score (nSPS) is 11.1. The molecule has 0 fully saturated rings. The maximum absolute atomic E-state index is 9.41. The van der Waals surface area contributed by atoms with E-state index in [0.29, 0.717) is 5.69 Å². The van der Waals surface area contributed by atoms with E-state index in [1.807, 2.05) is 30.3 Å². The minimum absolute atomic E-state index is 0.0203. The van der Waals surface area contributed by atoms with Crippen molar-refractivity contribution < 1.29 is 5.11 Å². The van der Waals surface area contributed by atoms with Crippen LogP contribution in [0.15, 0.2) is 30.3 Å². The van der Waals surface area contributed by atoms with E-state index in [9.17, 15) is 5.11 Å². The molecular formula is C15H17NOSi. The minimum atomic E-state index is -1.43. The molecule has 1 N–H and O–H groups in total. The van der Waals surface area contributed by atoms with Crippen LogP contribution in [-0.2, 0) is 6.61 Å². The SMILES string of the molecule is C[Si](C)(C)C#Cc1nc2ccccc2cc1CO. The van der Waals surface area contributed by atoms with Crippen molar-refractivity contribution in [2.24, 2.45) is 0 Å². The summed E-state index contributed by atoms with van der Waals surface area (Å²) in [6, 6.07) is 9.87. The van der Waals surface area contributed by atoms with Crippen LogP contribution in [0.3, 0.4) is 0 Å². The fourth-order valence-electron chi connectivity index (χ4n) is 1.64. The van der Waals surface area contributed by atoms with Crippen molar-refractivity contribution in [3.8, 4) is 11.5 Å². The van der Waals surface area contributed by atoms with Gasteiger partial charge in [-0.25, -0.2) is 4.98 Å². The molecule has 2 nitrogen and oxygen atoms in total. The van der Waals surface area contributed by atoms with E-state index in [1.165, 1.54) is 0 Å². The number of para-hydroxylation sites is 1. The molecule has 0 saturated carbocycles. The zero-order valence-corrected chi connectivity index (χ0v) is 12.0. The van der Waals surface area contributed by atoms with Gasteiger partial charge in [0.1, 0.15) is 13.8 Å². The van der Waals surface area contributed by atoms with Gasteiger partial charge < -0.3 is 5.11 Å². The van der Waals surface area contributed by atoms with E-state index in [0.717, 1.165) is 16.5 Å². The number of pyridine rings is 1. The Balaban J connectivity index is 2.57. The van der Waals surface area contributed by atoms with Gasteiger partial charge >= 0.3 is 0 Å². The van der Waals surface area contributed by atoms with E-state index in [-0.39, 0.29) is 6.61 Å². The second-order valence-corrected chi connectivity index (χ2v) is 10.1. The van der Waals surface area contributed by atoms with Crippen molar-refractivity contribution in [2.75, 3.05) is 0 Å².